The number of ether oxygens (including phenoxy) is 5. The Kier molecular flexibility index (Phi) is 19.0. The van der Waals surface area contributed by atoms with Crippen LogP contribution in [0.3, 0.4) is 0 Å². The molecule has 0 bridgehead atoms. The van der Waals surface area contributed by atoms with Gasteiger partial charge < -0.3 is 55.5 Å². The summed E-state index contributed by atoms with van der Waals surface area (Å²) in [5.74, 6) is -1.36. The van der Waals surface area contributed by atoms with Crippen LogP contribution in [-0.2, 0) is 49.4 Å². The first-order valence-corrected chi connectivity index (χ1v) is 19.1. The van der Waals surface area contributed by atoms with Crippen LogP contribution in [0.5, 0.6) is 0 Å². The highest BCUT2D eigenvalue weighted by molar-refractivity contribution is 6.02. The number of hydrogen-bond acceptors (Lipinski definition) is 13. The van der Waals surface area contributed by atoms with Crippen LogP contribution in [0, 0.1) is 5.92 Å². The predicted molar refractivity (Wildman–Crippen MR) is 208 cm³/mol. The maximum absolute atomic E-state index is 13.8. The molecule has 0 radical (unpaired) electrons. The molecule has 0 aromatic heterocycles. The second-order valence-corrected chi connectivity index (χ2v) is 13.3. The molecular formula is C39H57N7O10. The summed E-state index contributed by atoms with van der Waals surface area (Å²) >= 11 is 0. The lowest BCUT2D eigenvalue weighted by molar-refractivity contribution is -0.129. The van der Waals surface area contributed by atoms with Crippen LogP contribution in [-0.4, -0.2) is 126 Å². The molecule has 0 saturated heterocycles. The van der Waals surface area contributed by atoms with Gasteiger partial charge in [-0.2, -0.15) is 0 Å². The minimum Gasteiger partial charge on any atom is -0.394 e. The molecule has 0 unspecified atom stereocenters. The van der Waals surface area contributed by atoms with Crippen LogP contribution in [0.1, 0.15) is 49.8 Å². The van der Waals surface area contributed by atoms with Gasteiger partial charge in [0, 0.05) is 36.9 Å². The Labute approximate surface area is 328 Å². The molecule has 2 aromatic rings. The van der Waals surface area contributed by atoms with E-state index in [2.05, 4.69) is 21.6 Å². The molecule has 0 spiro atoms. The molecule has 2 heterocycles. The summed E-state index contributed by atoms with van der Waals surface area (Å²) in [4.78, 5) is 51.5. The van der Waals surface area contributed by atoms with Gasteiger partial charge in [-0.25, -0.2) is 0 Å². The standard InChI is InChI=1S/C39H57N7O10/c1-28(2)36(39(40)51)42-34(49)13-17-52-21-23-55-25-26-56-24-22-53-18-14-41-33(48)11-12-35(50)45-27-29-7-3-4-8-30(29)38-37(31-9-5-6-10-32(31)45)43-44-46(38)15-19-54-20-16-47/h3-10,28,36,43-44,47H,11-27H2,1-2H3,(H2,40,51)(H,41,48)(H,42,49)/t36-/m0/s1. The highest BCUT2D eigenvalue weighted by Gasteiger charge is 2.32. The molecule has 2 aliphatic heterocycles. The zero-order valence-corrected chi connectivity index (χ0v) is 32.4. The highest BCUT2D eigenvalue weighted by atomic mass is 16.6. The normalized spacial score (nSPS) is 14.0. The molecule has 4 rings (SSSR count). The van der Waals surface area contributed by atoms with Gasteiger partial charge in [-0.15, -0.1) is 5.53 Å². The van der Waals surface area contributed by atoms with Gasteiger partial charge in [-0.05, 0) is 17.5 Å². The van der Waals surface area contributed by atoms with Gasteiger partial charge in [0.2, 0.25) is 23.6 Å². The molecule has 0 aliphatic carbocycles. The average molecular weight is 784 g/mol. The largest absolute Gasteiger partial charge is 0.394 e. The van der Waals surface area contributed by atoms with Crippen LogP contribution in [0.2, 0.25) is 0 Å². The Hall–Kier alpha value is -4.62. The number of fused-ring (bicyclic) bond motifs is 4. The number of amides is 4. The van der Waals surface area contributed by atoms with Crippen LogP contribution in [0.15, 0.2) is 48.5 Å². The van der Waals surface area contributed by atoms with Crippen molar-refractivity contribution >= 4 is 40.7 Å². The second-order valence-electron chi connectivity index (χ2n) is 13.3. The van der Waals surface area contributed by atoms with E-state index < -0.39 is 11.9 Å². The fourth-order valence-corrected chi connectivity index (χ4v) is 6.07. The molecular weight excluding hydrogens is 726 g/mol. The predicted octanol–water partition coefficient (Wildman–Crippen LogP) is 0.672. The van der Waals surface area contributed by atoms with E-state index in [-0.39, 0.29) is 62.7 Å². The smallest absolute Gasteiger partial charge is 0.240 e. The summed E-state index contributed by atoms with van der Waals surface area (Å²) in [5, 5.41) is 16.5. The van der Waals surface area contributed by atoms with E-state index in [0.29, 0.717) is 72.5 Å². The summed E-state index contributed by atoms with van der Waals surface area (Å²) in [6.45, 7) is 8.04. The van der Waals surface area contributed by atoms with Gasteiger partial charge in [-0.1, -0.05) is 56.3 Å². The Morgan fingerprint density at radius 1 is 0.768 bits per heavy atom. The molecule has 56 heavy (non-hydrogen) atoms. The fraction of sp³-hybridized carbons (Fsp3) is 0.538. The number of carbonyl (C=O) groups is 4. The number of nitrogens with one attached hydrogen (secondary N) is 4. The van der Waals surface area contributed by atoms with Crippen molar-refractivity contribution in [3.05, 3.63) is 65.2 Å². The minimum atomic E-state index is -0.702. The number of hydrazine groups is 2. The van der Waals surface area contributed by atoms with Gasteiger partial charge in [-0.3, -0.25) is 24.2 Å². The molecule has 7 N–H and O–H groups in total. The van der Waals surface area contributed by atoms with Crippen molar-refractivity contribution in [1.82, 2.24) is 26.6 Å². The lowest BCUT2D eigenvalue weighted by Crippen LogP contribution is -2.47. The Bertz CT molecular complexity index is 1610. The molecule has 2 aromatic carbocycles. The zero-order chi connectivity index (χ0) is 40.1. The zero-order valence-electron chi connectivity index (χ0n) is 32.4. The summed E-state index contributed by atoms with van der Waals surface area (Å²) in [6.07, 6.45) is 0.189. The SMILES string of the molecule is CC(C)[C@H](NC(=O)CCOCCOCCOCCOCCNC(=O)CCC(=O)N1Cc2ccccc2C2=C(NNN2CCOCCO)c2ccccc21)C(N)=O. The van der Waals surface area contributed by atoms with Crippen molar-refractivity contribution in [2.24, 2.45) is 11.7 Å². The fourth-order valence-electron chi connectivity index (χ4n) is 6.07. The number of aliphatic hydroxyl groups excluding tert-OH is 1. The van der Waals surface area contributed by atoms with E-state index in [0.717, 1.165) is 33.8 Å². The van der Waals surface area contributed by atoms with Crippen molar-refractivity contribution in [2.45, 2.75) is 45.7 Å². The topological polar surface area (TPSA) is 215 Å². The van der Waals surface area contributed by atoms with Gasteiger partial charge >= 0.3 is 0 Å². The summed E-state index contributed by atoms with van der Waals surface area (Å²) in [5.41, 5.74) is 17.1. The van der Waals surface area contributed by atoms with Gasteiger partial charge in [0.25, 0.3) is 0 Å². The summed E-state index contributed by atoms with van der Waals surface area (Å²) in [7, 11) is 0. The molecule has 2 aliphatic rings. The van der Waals surface area contributed by atoms with Crippen molar-refractivity contribution < 1.29 is 48.0 Å². The number of nitrogens with zero attached hydrogens (tertiary/aromatic N) is 2. The number of rotatable bonds is 26. The second kappa shape index (κ2) is 24.1. The van der Waals surface area contributed by atoms with Crippen LogP contribution in [0.4, 0.5) is 5.69 Å². The molecule has 0 saturated carbocycles. The quantitative estimate of drug-likeness (QED) is 0.0725. The third-order valence-corrected chi connectivity index (χ3v) is 8.90. The minimum absolute atomic E-state index is 0.0333. The Morgan fingerprint density at radius 2 is 1.39 bits per heavy atom. The first-order valence-electron chi connectivity index (χ1n) is 19.1. The van der Waals surface area contributed by atoms with E-state index in [4.69, 9.17) is 34.5 Å². The number of carbonyl (C=O) groups excluding carboxylic acids is 4. The maximum Gasteiger partial charge on any atom is 0.240 e. The lowest BCUT2D eigenvalue weighted by Gasteiger charge is -2.30. The first kappa shape index (κ1) is 44.1. The van der Waals surface area contributed by atoms with E-state index in [1.807, 2.05) is 67.4 Å². The number of nitrogens with two attached hydrogens (primary N) is 1. The number of para-hydroxylation sites is 1. The monoisotopic (exact) mass is 783 g/mol. The van der Waals surface area contributed by atoms with E-state index in [1.54, 1.807) is 4.90 Å². The molecule has 1 atom stereocenters. The number of benzene rings is 2. The summed E-state index contributed by atoms with van der Waals surface area (Å²) in [6, 6.07) is 14.9. The number of aliphatic hydroxyl groups is 1. The van der Waals surface area contributed by atoms with Crippen LogP contribution < -0.4 is 32.2 Å². The van der Waals surface area contributed by atoms with Gasteiger partial charge in [0.1, 0.15) is 6.04 Å². The maximum atomic E-state index is 13.8. The van der Waals surface area contributed by atoms with Gasteiger partial charge in [0.15, 0.2) is 0 Å². The Balaban J connectivity index is 1.09. The van der Waals surface area contributed by atoms with E-state index in [9.17, 15) is 19.2 Å². The van der Waals surface area contributed by atoms with Crippen LogP contribution in [0.25, 0.3) is 11.4 Å². The third kappa shape index (κ3) is 13.8. The molecule has 308 valence electrons. The summed E-state index contributed by atoms with van der Waals surface area (Å²) < 4.78 is 27.4. The van der Waals surface area contributed by atoms with E-state index in [1.165, 1.54) is 0 Å². The van der Waals surface area contributed by atoms with Crippen LogP contribution >= 0.6 is 0 Å². The molecule has 17 heteroatoms. The average Bonchev–Trinajstić information content (AvgIpc) is 3.60. The lowest BCUT2D eigenvalue weighted by atomic mass is 9.95. The molecule has 4 amide bonds. The number of anilines is 1. The van der Waals surface area contributed by atoms with Crippen molar-refractivity contribution in [1.29, 1.82) is 0 Å². The number of primary amides is 1. The van der Waals surface area contributed by atoms with E-state index >= 15 is 0 Å². The highest BCUT2D eigenvalue weighted by Crippen LogP contribution is 2.39. The van der Waals surface area contributed by atoms with Gasteiger partial charge in [0.05, 0.1) is 103 Å². The molecule has 0 fully saturated rings. The third-order valence-electron chi connectivity index (χ3n) is 8.90. The van der Waals surface area contributed by atoms with Crippen molar-refractivity contribution in [3.8, 4) is 0 Å². The Morgan fingerprint density at radius 3 is 2.07 bits per heavy atom. The number of hydrogen-bond donors (Lipinski definition) is 6. The first-order chi connectivity index (χ1) is 27.2. The molecule has 17 nitrogen and oxygen atoms in total. The van der Waals surface area contributed by atoms with Crippen molar-refractivity contribution in [3.63, 3.8) is 0 Å². The van der Waals surface area contributed by atoms with Crippen molar-refractivity contribution in [2.75, 3.05) is 90.7 Å².